The lowest BCUT2D eigenvalue weighted by molar-refractivity contribution is 0.421. The lowest BCUT2D eigenvalue weighted by Crippen LogP contribution is -2.13. The van der Waals surface area contributed by atoms with Crippen molar-refractivity contribution in [3.8, 4) is 0 Å². The average molecular weight is 244 g/mol. The van der Waals surface area contributed by atoms with Crippen LogP contribution in [0.15, 0.2) is 54.5 Å². The van der Waals surface area contributed by atoms with Crippen LogP contribution in [0.4, 0.5) is 0 Å². The monoisotopic (exact) mass is 244 g/mol. The van der Waals surface area contributed by atoms with E-state index < -0.39 is 7.12 Å². The highest BCUT2D eigenvalue weighted by Crippen LogP contribution is 2.06. The van der Waals surface area contributed by atoms with Gasteiger partial charge in [0, 0.05) is 0 Å². The van der Waals surface area contributed by atoms with Crippen LogP contribution in [-0.2, 0) is 0 Å². The van der Waals surface area contributed by atoms with Crippen LogP contribution < -0.4 is 0 Å². The molecule has 0 saturated heterocycles. The Labute approximate surface area is 110 Å². The van der Waals surface area contributed by atoms with Crippen molar-refractivity contribution < 1.29 is 10.0 Å². The fourth-order valence-electron chi connectivity index (χ4n) is 1.30. The van der Waals surface area contributed by atoms with Gasteiger partial charge in [0.25, 0.3) is 0 Å². The Morgan fingerprint density at radius 3 is 2.44 bits per heavy atom. The van der Waals surface area contributed by atoms with Crippen LogP contribution in [0.2, 0.25) is 0 Å². The average Bonchev–Trinajstić information content (AvgIpc) is 2.37. The van der Waals surface area contributed by atoms with Crippen molar-refractivity contribution in [1.82, 2.24) is 0 Å². The van der Waals surface area contributed by atoms with Crippen molar-refractivity contribution in [3.63, 3.8) is 0 Å². The zero-order chi connectivity index (χ0) is 14.0. The van der Waals surface area contributed by atoms with Gasteiger partial charge in [0.15, 0.2) is 0 Å². The molecule has 1 aromatic carbocycles. The minimum atomic E-state index is -1.47. The molecule has 1 rings (SSSR count). The minimum Gasteiger partial charge on any atom is -0.423 e. The molecule has 0 bridgehead atoms. The van der Waals surface area contributed by atoms with Crippen molar-refractivity contribution in [3.05, 3.63) is 65.7 Å². The Morgan fingerprint density at radius 2 is 1.94 bits per heavy atom. The molecule has 0 unspecified atom stereocenters. The first-order valence-electron chi connectivity index (χ1n) is 6.07. The summed E-state index contributed by atoms with van der Waals surface area (Å²) in [6.07, 6.45) is 6.72. The Bertz CT molecular complexity index is 420. The molecule has 1 aromatic rings. The molecule has 0 radical (unpaired) electrons. The highest BCUT2D eigenvalue weighted by molar-refractivity contribution is 6.51. The van der Waals surface area contributed by atoms with Crippen LogP contribution in [0.5, 0.6) is 0 Å². The second-order valence-electron chi connectivity index (χ2n) is 3.52. The maximum Gasteiger partial charge on any atom is 0.488 e. The van der Waals surface area contributed by atoms with Crippen LogP contribution in [0.1, 0.15) is 25.0 Å². The molecule has 0 fully saturated rings. The van der Waals surface area contributed by atoms with E-state index in [1.807, 2.05) is 51.1 Å². The predicted octanol–water partition coefficient (Wildman–Crippen LogP) is 3.16. The topological polar surface area (TPSA) is 40.5 Å². The SMILES string of the molecule is C=C/C(=C\C=C\c1cccc(C)c1)B(O)O.CC. The van der Waals surface area contributed by atoms with E-state index >= 15 is 0 Å². The van der Waals surface area contributed by atoms with Gasteiger partial charge in [-0.2, -0.15) is 0 Å². The van der Waals surface area contributed by atoms with E-state index in [0.29, 0.717) is 5.47 Å². The standard InChI is InChI=1S/C13H15BO2.C2H6/c1-3-13(14(15)16)9-5-8-12-7-4-6-11(2)10-12;1-2/h3-10,15-16H,1H2,2H3;1-2H3/b8-5+,13-9+;. The van der Waals surface area contributed by atoms with Gasteiger partial charge in [-0.3, -0.25) is 0 Å². The number of hydrogen-bond donors (Lipinski definition) is 2. The third-order valence-electron chi connectivity index (χ3n) is 2.15. The van der Waals surface area contributed by atoms with Crippen molar-refractivity contribution in [1.29, 1.82) is 0 Å². The van der Waals surface area contributed by atoms with Crippen molar-refractivity contribution >= 4 is 13.2 Å². The van der Waals surface area contributed by atoms with Gasteiger partial charge >= 0.3 is 7.12 Å². The van der Waals surface area contributed by atoms with E-state index in [1.54, 1.807) is 12.2 Å². The molecular formula is C15H21BO2. The zero-order valence-corrected chi connectivity index (χ0v) is 11.3. The molecule has 0 aliphatic rings. The van der Waals surface area contributed by atoms with Crippen LogP contribution in [0.25, 0.3) is 6.08 Å². The Morgan fingerprint density at radius 1 is 1.28 bits per heavy atom. The van der Waals surface area contributed by atoms with Crippen molar-refractivity contribution in [2.45, 2.75) is 20.8 Å². The lowest BCUT2D eigenvalue weighted by atomic mass is 9.79. The zero-order valence-electron chi connectivity index (χ0n) is 11.3. The highest BCUT2D eigenvalue weighted by Gasteiger charge is 2.08. The van der Waals surface area contributed by atoms with Gasteiger partial charge in [0.2, 0.25) is 0 Å². The minimum absolute atomic E-state index is 0.379. The molecule has 0 spiro atoms. The summed E-state index contributed by atoms with van der Waals surface area (Å²) in [5.74, 6) is 0. The summed E-state index contributed by atoms with van der Waals surface area (Å²) in [5, 5.41) is 17.9. The van der Waals surface area contributed by atoms with Gasteiger partial charge in [-0.15, -0.1) is 0 Å². The Balaban J connectivity index is 0.00000137. The number of benzene rings is 1. The molecular weight excluding hydrogens is 223 g/mol. The largest absolute Gasteiger partial charge is 0.488 e. The summed E-state index contributed by atoms with van der Waals surface area (Å²) in [6, 6.07) is 8.04. The number of aryl methyl sites for hydroxylation is 1. The summed E-state index contributed by atoms with van der Waals surface area (Å²) in [5.41, 5.74) is 2.65. The van der Waals surface area contributed by atoms with Crippen molar-refractivity contribution in [2.24, 2.45) is 0 Å². The summed E-state index contributed by atoms with van der Waals surface area (Å²) < 4.78 is 0. The van der Waals surface area contributed by atoms with E-state index in [9.17, 15) is 0 Å². The van der Waals surface area contributed by atoms with E-state index in [-0.39, 0.29) is 0 Å². The van der Waals surface area contributed by atoms with Crippen LogP contribution >= 0.6 is 0 Å². The molecule has 3 heteroatoms. The molecule has 0 atom stereocenters. The second-order valence-corrected chi connectivity index (χ2v) is 3.52. The third-order valence-corrected chi connectivity index (χ3v) is 2.15. The van der Waals surface area contributed by atoms with Gasteiger partial charge < -0.3 is 10.0 Å². The molecule has 0 amide bonds. The highest BCUT2D eigenvalue weighted by atomic mass is 16.4. The van der Waals surface area contributed by atoms with E-state index in [2.05, 4.69) is 6.58 Å². The molecule has 0 saturated carbocycles. The van der Waals surface area contributed by atoms with Crippen LogP contribution in [0.3, 0.4) is 0 Å². The maximum atomic E-state index is 8.94. The summed E-state index contributed by atoms with van der Waals surface area (Å²) in [7, 11) is -1.47. The number of hydrogen-bond acceptors (Lipinski definition) is 2. The van der Waals surface area contributed by atoms with E-state index in [4.69, 9.17) is 10.0 Å². The normalized spacial score (nSPS) is 10.8. The van der Waals surface area contributed by atoms with E-state index in [1.165, 1.54) is 11.6 Å². The second kappa shape index (κ2) is 9.45. The Hall–Kier alpha value is -1.58. The van der Waals surface area contributed by atoms with Gasteiger partial charge in [-0.25, -0.2) is 0 Å². The van der Waals surface area contributed by atoms with Crippen LogP contribution in [-0.4, -0.2) is 17.2 Å². The predicted molar refractivity (Wildman–Crippen MR) is 80.0 cm³/mol. The van der Waals surface area contributed by atoms with Gasteiger partial charge in [-0.1, -0.05) is 74.6 Å². The smallest absolute Gasteiger partial charge is 0.423 e. The van der Waals surface area contributed by atoms with Crippen molar-refractivity contribution in [2.75, 3.05) is 0 Å². The molecule has 0 heterocycles. The molecule has 2 nitrogen and oxygen atoms in total. The number of rotatable bonds is 4. The van der Waals surface area contributed by atoms with Gasteiger partial charge in [0.1, 0.15) is 0 Å². The fourth-order valence-corrected chi connectivity index (χ4v) is 1.30. The molecule has 96 valence electrons. The molecule has 0 aromatic heterocycles. The molecule has 2 N–H and O–H groups in total. The fraction of sp³-hybridized carbons (Fsp3) is 0.200. The summed E-state index contributed by atoms with van der Waals surface area (Å²) >= 11 is 0. The molecule has 0 aliphatic carbocycles. The maximum absolute atomic E-state index is 8.94. The first-order chi connectivity index (χ1) is 8.63. The molecule has 0 aliphatic heterocycles. The quantitative estimate of drug-likeness (QED) is 0.630. The Kier molecular flexibility index (Phi) is 8.63. The first-order valence-corrected chi connectivity index (χ1v) is 6.07. The third kappa shape index (κ3) is 6.23. The molecule has 18 heavy (non-hydrogen) atoms. The summed E-state index contributed by atoms with van der Waals surface area (Å²) in [4.78, 5) is 0. The summed E-state index contributed by atoms with van der Waals surface area (Å²) in [6.45, 7) is 9.53. The van der Waals surface area contributed by atoms with Gasteiger partial charge in [-0.05, 0) is 18.0 Å². The first kappa shape index (κ1) is 16.4. The number of allylic oxidation sites excluding steroid dienone is 4. The van der Waals surface area contributed by atoms with E-state index in [0.717, 1.165) is 5.56 Å². The van der Waals surface area contributed by atoms with Gasteiger partial charge in [0.05, 0.1) is 0 Å². The lowest BCUT2D eigenvalue weighted by Gasteiger charge is -1.97. The van der Waals surface area contributed by atoms with Crippen LogP contribution in [0, 0.1) is 6.92 Å².